The highest BCUT2D eigenvalue weighted by atomic mass is 35.5. The van der Waals surface area contributed by atoms with Crippen molar-refractivity contribution in [2.75, 3.05) is 24.6 Å². The van der Waals surface area contributed by atoms with Crippen molar-refractivity contribution in [2.24, 2.45) is 17.6 Å². The number of carbonyl (C=O) groups excluding carboxylic acids is 2. The fourth-order valence-corrected chi connectivity index (χ4v) is 5.35. The maximum Gasteiger partial charge on any atom is 0.332 e. The van der Waals surface area contributed by atoms with Crippen LogP contribution in [0.4, 0.5) is 16.2 Å². The zero-order valence-electron chi connectivity index (χ0n) is 22.2. The molecule has 2 saturated carbocycles. The third-order valence-corrected chi connectivity index (χ3v) is 8.10. The minimum atomic E-state index is -1.06. The van der Waals surface area contributed by atoms with E-state index < -0.39 is 23.6 Å². The summed E-state index contributed by atoms with van der Waals surface area (Å²) in [5.41, 5.74) is 5.68. The molecule has 2 N–H and O–H groups in total. The normalized spacial score (nSPS) is 18.7. The summed E-state index contributed by atoms with van der Waals surface area (Å²) in [5, 5.41) is 9.70. The van der Waals surface area contributed by atoms with Crippen LogP contribution >= 0.6 is 11.6 Å². The van der Waals surface area contributed by atoms with Crippen molar-refractivity contribution in [3.05, 3.63) is 61.9 Å². The van der Waals surface area contributed by atoms with E-state index in [9.17, 15) is 24.4 Å². The molecule has 0 spiro atoms. The van der Waals surface area contributed by atoms with Crippen LogP contribution in [0.25, 0.3) is 11.0 Å². The van der Waals surface area contributed by atoms with Gasteiger partial charge in [-0.05, 0) is 61.8 Å². The largest absolute Gasteiger partial charge is 0.365 e. The van der Waals surface area contributed by atoms with E-state index in [1.807, 2.05) is 6.07 Å². The van der Waals surface area contributed by atoms with E-state index in [1.54, 1.807) is 16.7 Å². The van der Waals surface area contributed by atoms with Gasteiger partial charge in [-0.2, -0.15) is 5.26 Å². The van der Waals surface area contributed by atoms with Crippen LogP contribution in [0.1, 0.15) is 31.2 Å². The monoisotopic (exact) mass is 577 g/mol. The molecule has 212 valence electrons. The fraction of sp³-hybridized carbons (Fsp3) is 0.429. The van der Waals surface area contributed by atoms with Crippen LogP contribution in [-0.4, -0.2) is 56.8 Å². The molecule has 1 aliphatic heterocycles. The number of amides is 3. The Kier molecular flexibility index (Phi) is 7.01. The number of pyridine rings is 1. The third-order valence-electron chi connectivity index (χ3n) is 7.78. The number of halogens is 1. The molecule has 3 aromatic rings. The Bertz CT molecular complexity index is 1720. The number of aromatic nitrogens is 3. The molecule has 41 heavy (non-hydrogen) atoms. The van der Waals surface area contributed by atoms with Gasteiger partial charge in [0.2, 0.25) is 0 Å². The Morgan fingerprint density at radius 3 is 2.44 bits per heavy atom. The highest BCUT2D eigenvalue weighted by molar-refractivity contribution is 6.32. The van der Waals surface area contributed by atoms with Gasteiger partial charge in [-0.25, -0.2) is 14.6 Å². The van der Waals surface area contributed by atoms with Gasteiger partial charge in [0.1, 0.15) is 11.7 Å². The summed E-state index contributed by atoms with van der Waals surface area (Å²) < 4.78 is 8.58. The number of nitriles is 1. The van der Waals surface area contributed by atoms with E-state index in [0.29, 0.717) is 30.6 Å². The summed E-state index contributed by atoms with van der Waals surface area (Å²) in [7, 11) is 0. The van der Waals surface area contributed by atoms with Gasteiger partial charge in [-0.1, -0.05) is 11.6 Å². The standard InChI is InChI=1S/C28H28ClN7O5/c29-22-10-19(6-5-18(22)11-30)36(26(38)23-15-33(27(31)39)7-8-41-23)20-9-21-24(32-12-20)34(13-16-1-2-16)28(40)35(25(21)37)14-17-3-4-17/h5-6,9-10,12,16-17,23H,1-4,7-8,13-15H2,(H2,31,39). The predicted octanol–water partition coefficient (Wildman–Crippen LogP) is 2.35. The molecule has 1 atom stereocenters. The van der Waals surface area contributed by atoms with Crippen molar-refractivity contribution >= 4 is 45.9 Å². The summed E-state index contributed by atoms with van der Waals surface area (Å²) in [5.74, 6) is 0.112. The molecule has 1 saturated heterocycles. The lowest BCUT2D eigenvalue weighted by Gasteiger charge is -2.34. The van der Waals surface area contributed by atoms with E-state index in [1.165, 1.54) is 32.7 Å². The minimum absolute atomic E-state index is 0.0647. The quantitative estimate of drug-likeness (QED) is 0.451. The van der Waals surface area contributed by atoms with Crippen molar-refractivity contribution in [3.63, 3.8) is 0 Å². The number of urea groups is 1. The molecule has 3 heterocycles. The average Bonchev–Trinajstić information content (AvgIpc) is 3.90. The summed E-state index contributed by atoms with van der Waals surface area (Å²) in [4.78, 5) is 60.0. The number of carbonyl (C=O) groups is 2. The van der Waals surface area contributed by atoms with Crippen molar-refractivity contribution in [1.29, 1.82) is 5.26 Å². The number of hydrogen-bond acceptors (Lipinski definition) is 7. The Morgan fingerprint density at radius 1 is 1.10 bits per heavy atom. The SMILES string of the molecule is N#Cc1ccc(N(C(=O)C2CN(C(N)=O)CCO2)c2cnc3c(c2)c(=O)n(CC2CC2)c(=O)n3CC2CC2)cc1Cl. The summed E-state index contributed by atoms with van der Waals surface area (Å²) >= 11 is 6.34. The smallest absolute Gasteiger partial charge is 0.332 e. The molecule has 6 rings (SSSR count). The van der Waals surface area contributed by atoms with E-state index in [-0.39, 0.29) is 52.7 Å². The lowest BCUT2D eigenvalue weighted by molar-refractivity contribution is -0.133. The van der Waals surface area contributed by atoms with Gasteiger partial charge in [0.25, 0.3) is 11.5 Å². The van der Waals surface area contributed by atoms with E-state index in [4.69, 9.17) is 22.1 Å². The zero-order valence-corrected chi connectivity index (χ0v) is 22.9. The molecule has 3 amide bonds. The molecule has 13 heteroatoms. The number of anilines is 2. The van der Waals surface area contributed by atoms with Crippen LogP contribution in [0.2, 0.25) is 5.02 Å². The Labute approximate surface area is 239 Å². The van der Waals surface area contributed by atoms with E-state index in [0.717, 1.165) is 25.7 Å². The molecular formula is C28H28ClN7O5. The fourth-order valence-electron chi connectivity index (χ4n) is 5.13. The average molecular weight is 578 g/mol. The number of benzene rings is 1. The lowest BCUT2D eigenvalue weighted by Crippen LogP contribution is -2.53. The van der Waals surface area contributed by atoms with Crippen LogP contribution in [0.15, 0.2) is 40.1 Å². The second-order valence-corrected chi connectivity index (χ2v) is 11.3. The predicted molar refractivity (Wildman–Crippen MR) is 150 cm³/mol. The lowest BCUT2D eigenvalue weighted by atomic mass is 10.1. The van der Waals surface area contributed by atoms with Crippen molar-refractivity contribution in [1.82, 2.24) is 19.0 Å². The van der Waals surface area contributed by atoms with E-state index in [2.05, 4.69) is 4.98 Å². The van der Waals surface area contributed by atoms with Gasteiger partial charge in [0.05, 0.1) is 46.7 Å². The maximum atomic E-state index is 14.0. The molecule has 2 aromatic heterocycles. The first-order valence-corrected chi connectivity index (χ1v) is 14.0. The molecule has 3 fully saturated rings. The first-order valence-electron chi connectivity index (χ1n) is 13.6. The number of nitrogens with two attached hydrogens (primary N) is 1. The van der Waals surface area contributed by atoms with Crippen molar-refractivity contribution in [3.8, 4) is 6.07 Å². The van der Waals surface area contributed by atoms with Crippen LogP contribution in [-0.2, 0) is 22.6 Å². The highest BCUT2D eigenvalue weighted by Crippen LogP contribution is 2.34. The number of nitrogens with zero attached hydrogens (tertiary/aromatic N) is 6. The number of ether oxygens (including phenoxy) is 1. The first kappa shape index (κ1) is 27.0. The Hall–Kier alpha value is -4.21. The van der Waals surface area contributed by atoms with Gasteiger partial charge in [0.15, 0.2) is 6.10 Å². The molecule has 0 radical (unpaired) electrons. The molecule has 3 aliphatic rings. The number of fused-ring (bicyclic) bond motifs is 1. The maximum absolute atomic E-state index is 14.0. The third kappa shape index (κ3) is 5.30. The zero-order chi connectivity index (χ0) is 28.8. The van der Waals surface area contributed by atoms with Crippen LogP contribution < -0.4 is 21.9 Å². The molecule has 0 bridgehead atoms. The number of hydrogen-bond donors (Lipinski definition) is 1. The van der Waals surface area contributed by atoms with Crippen LogP contribution in [0, 0.1) is 23.2 Å². The number of primary amides is 1. The number of morpholine rings is 1. The number of rotatable bonds is 7. The van der Waals surface area contributed by atoms with Crippen LogP contribution in [0.5, 0.6) is 0 Å². The van der Waals surface area contributed by atoms with Crippen molar-refractivity contribution in [2.45, 2.75) is 44.9 Å². The highest BCUT2D eigenvalue weighted by Gasteiger charge is 2.34. The molecule has 12 nitrogen and oxygen atoms in total. The Balaban J connectivity index is 1.49. The topological polar surface area (TPSA) is 157 Å². The van der Waals surface area contributed by atoms with Gasteiger partial charge in [-0.3, -0.25) is 23.6 Å². The van der Waals surface area contributed by atoms with Gasteiger partial charge in [0, 0.05) is 19.6 Å². The van der Waals surface area contributed by atoms with Gasteiger partial charge >= 0.3 is 11.7 Å². The first-order chi connectivity index (χ1) is 19.7. The van der Waals surface area contributed by atoms with E-state index >= 15 is 0 Å². The van der Waals surface area contributed by atoms with Crippen LogP contribution in [0.3, 0.4) is 0 Å². The molecule has 1 unspecified atom stereocenters. The summed E-state index contributed by atoms with van der Waals surface area (Å²) in [6, 6.07) is 7.39. The van der Waals surface area contributed by atoms with Gasteiger partial charge in [-0.15, -0.1) is 0 Å². The molecule has 1 aromatic carbocycles. The second kappa shape index (κ2) is 10.6. The van der Waals surface area contributed by atoms with Gasteiger partial charge < -0.3 is 15.4 Å². The summed E-state index contributed by atoms with van der Waals surface area (Å²) in [6.07, 6.45) is 4.33. The minimum Gasteiger partial charge on any atom is -0.365 e. The second-order valence-electron chi connectivity index (χ2n) is 10.9. The summed E-state index contributed by atoms with van der Waals surface area (Å²) in [6.45, 7) is 1.11. The molecular weight excluding hydrogens is 550 g/mol. The van der Waals surface area contributed by atoms with Crippen molar-refractivity contribution < 1.29 is 14.3 Å². The Morgan fingerprint density at radius 2 is 1.80 bits per heavy atom. The molecule has 2 aliphatic carbocycles.